The van der Waals surface area contributed by atoms with E-state index in [0.717, 1.165) is 11.1 Å². The molecular formula is C31H34N2O7. The molecule has 9 heteroatoms. The molecule has 0 saturated heterocycles. The Morgan fingerprint density at radius 1 is 0.750 bits per heavy atom. The van der Waals surface area contributed by atoms with Gasteiger partial charge in [0.2, 0.25) is 5.91 Å². The summed E-state index contributed by atoms with van der Waals surface area (Å²) in [7, 11) is 1.28. The van der Waals surface area contributed by atoms with Crippen molar-refractivity contribution >= 4 is 23.9 Å². The third kappa shape index (κ3) is 9.58. The van der Waals surface area contributed by atoms with E-state index in [1.165, 1.54) is 31.4 Å². The Hall–Kier alpha value is -4.66. The van der Waals surface area contributed by atoms with Crippen LogP contribution in [-0.4, -0.2) is 43.1 Å². The predicted molar refractivity (Wildman–Crippen MR) is 148 cm³/mol. The summed E-state index contributed by atoms with van der Waals surface area (Å²) in [4.78, 5) is 50.8. The number of carbonyl (C=O) groups excluding carboxylic acids is 4. The molecule has 40 heavy (non-hydrogen) atoms. The van der Waals surface area contributed by atoms with E-state index in [2.05, 4.69) is 15.4 Å². The van der Waals surface area contributed by atoms with Crippen molar-refractivity contribution in [3.8, 4) is 5.75 Å². The van der Waals surface area contributed by atoms with E-state index in [-0.39, 0.29) is 24.7 Å². The Morgan fingerprint density at radius 3 is 1.93 bits per heavy atom. The number of alkyl carbamates (subject to hydrolysis) is 1. The quantitative estimate of drug-likeness (QED) is 0.254. The fraction of sp³-hybridized carbons (Fsp3) is 0.290. The zero-order valence-corrected chi connectivity index (χ0v) is 22.8. The molecule has 0 spiro atoms. The highest BCUT2D eigenvalue weighted by Gasteiger charge is 2.29. The molecule has 0 unspecified atom stereocenters. The minimum Gasteiger partial charge on any atom is -0.465 e. The highest BCUT2D eigenvalue weighted by atomic mass is 16.5. The van der Waals surface area contributed by atoms with Gasteiger partial charge in [0.05, 0.1) is 12.7 Å². The van der Waals surface area contributed by atoms with E-state index in [1.807, 2.05) is 74.5 Å². The highest BCUT2D eigenvalue weighted by Crippen LogP contribution is 2.15. The molecule has 3 aromatic rings. The molecule has 0 radical (unpaired) electrons. The van der Waals surface area contributed by atoms with Crippen LogP contribution in [0.1, 0.15) is 41.8 Å². The maximum atomic E-state index is 13.4. The van der Waals surface area contributed by atoms with Crippen molar-refractivity contribution < 1.29 is 33.4 Å². The molecule has 9 nitrogen and oxygen atoms in total. The first-order valence-electron chi connectivity index (χ1n) is 13.0. The summed E-state index contributed by atoms with van der Waals surface area (Å²) in [5.74, 6) is -1.48. The van der Waals surface area contributed by atoms with Crippen LogP contribution in [0.4, 0.5) is 4.79 Å². The molecule has 0 bridgehead atoms. The maximum Gasteiger partial charge on any atom is 0.408 e. The second-order valence-electron chi connectivity index (χ2n) is 9.58. The summed E-state index contributed by atoms with van der Waals surface area (Å²) in [5, 5.41) is 5.38. The second-order valence-corrected chi connectivity index (χ2v) is 9.58. The number of esters is 2. The molecular weight excluding hydrogens is 512 g/mol. The molecule has 0 aromatic heterocycles. The van der Waals surface area contributed by atoms with Crippen molar-refractivity contribution in [2.75, 3.05) is 7.11 Å². The lowest BCUT2D eigenvalue weighted by molar-refractivity contribution is -0.139. The third-order valence-electron chi connectivity index (χ3n) is 5.91. The topological polar surface area (TPSA) is 120 Å². The minimum atomic E-state index is -1.05. The number of nitrogens with one attached hydrogen (secondary N) is 2. The van der Waals surface area contributed by atoms with Crippen LogP contribution in [0, 0.1) is 5.92 Å². The molecule has 0 aliphatic rings. The molecule has 3 aromatic carbocycles. The summed E-state index contributed by atoms with van der Waals surface area (Å²) >= 11 is 0. The van der Waals surface area contributed by atoms with E-state index < -0.39 is 36.0 Å². The summed E-state index contributed by atoms with van der Waals surface area (Å²) in [6, 6.07) is 22.3. The van der Waals surface area contributed by atoms with Gasteiger partial charge in [0, 0.05) is 6.42 Å². The lowest BCUT2D eigenvalue weighted by atomic mass is 10.0. The molecule has 0 fully saturated rings. The number of methoxy groups -OCH3 is 1. The van der Waals surface area contributed by atoms with Gasteiger partial charge in [-0.05, 0) is 47.7 Å². The fourth-order valence-corrected chi connectivity index (χ4v) is 3.89. The summed E-state index contributed by atoms with van der Waals surface area (Å²) in [5.41, 5.74) is 1.92. The Kier molecular flexibility index (Phi) is 11.3. The van der Waals surface area contributed by atoms with Crippen LogP contribution in [0.5, 0.6) is 5.75 Å². The van der Waals surface area contributed by atoms with E-state index in [4.69, 9.17) is 9.47 Å². The molecule has 0 saturated carbocycles. The van der Waals surface area contributed by atoms with Crippen molar-refractivity contribution in [3.63, 3.8) is 0 Å². The average molecular weight is 547 g/mol. The number of carbonyl (C=O) groups is 4. The van der Waals surface area contributed by atoms with Gasteiger partial charge in [-0.25, -0.2) is 14.4 Å². The SMILES string of the molecule is COC(=O)c1ccc(OC(=O)[C@H](Cc2ccccc2)NC(=O)[C@H](CC(C)C)NC(=O)OCc2ccccc2)cc1. The van der Waals surface area contributed by atoms with Gasteiger partial charge in [-0.3, -0.25) is 4.79 Å². The number of amides is 2. The average Bonchev–Trinajstić information content (AvgIpc) is 2.96. The van der Waals surface area contributed by atoms with Crippen molar-refractivity contribution in [3.05, 3.63) is 102 Å². The van der Waals surface area contributed by atoms with Gasteiger partial charge in [0.15, 0.2) is 0 Å². The number of rotatable bonds is 12. The molecule has 2 atom stereocenters. The largest absolute Gasteiger partial charge is 0.465 e. The van der Waals surface area contributed by atoms with Gasteiger partial charge in [0.1, 0.15) is 24.4 Å². The standard InChI is InChI=1S/C31H34N2O7/c1-21(2)18-26(33-31(37)39-20-23-12-8-5-9-13-23)28(34)32-27(19-22-10-6-4-7-11-22)30(36)40-25-16-14-24(15-17-25)29(35)38-3/h4-17,21,26-27H,18-20H2,1-3H3,(H,32,34)(H,33,37)/t26-,27-/m0/s1. The van der Waals surface area contributed by atoms with Crippen molar-refractivity contribution in [1.29, 1.82) is 0 Å². The van der Waals surface area contributed by atoms with Crippen LogP contribution in [0.3, 0.4) is 0 Å². The van der Waals surface area contributed by atoms with Gasteiger partial charge in [-0.2, -0.15) is 0 Å². The van der Waals surface area contributed by atoms with Gasteiger partial charge in [-0.15, -0.1) is 0 Å². The first-order chi connectivity index (χ1) is 19.2. The zero-order valence-electron chi connectivity index (χ0n) is 22.8. The lowest BCUT2D eigenvalue weighted by Crippen LogP contribution is -2.53. The van der Waals surface area contributed by atoms with Gasteiger partial charge in [-0.1, -0.05) is 74.5 Å². The van der Waals surface area contributed by atoms with Crippen LogP contribution in [0.15, 0.2) is 84.9 Å². The first kappa shape index (κ1) is 29.9. The molecule has 0 heterocycles. The number of benzene rings is 3. The van der Waals surface area contributed by atoms with Crippen molar-refractivity contribution in [2.24, 2.45) is 5.92 Å². The number of hydrogen-bond donors (Lipinski definition) is 2. The number of ether oxygens (including phenoxy) is 3. The summed E-state index contributed by atoms with van der Waals surface area (Å²) in [6.07, 6.45) is -0.245. The van der Waals surface area contributed by atoms with Crippen LogP contribution in [0.2, 0.25) is 0 Å². The van der Waals surface area contributed by atoms with Crippen molar-refractivity contribution in [2.45, 2.75) is 45.4 Å². The third-order valence-corrected chi connectivity index (χ3v) is 5.91. The molecule has 0 aliphatic heterocycles. The van der Waals surface area contributed by atoms with E-state index in [0.29, 0.717) is 12.0 Å². The van der Waals surface area contributed by atoms with Crippen molar-refractivity contribution in [1.82, 2.24) is 10.6 Å². The van der Waals surface area contributed by atoms with E-state index in [9.17, 15) is 19.2 Å². The van der Waals surface area contributed by atoms with Crippen LogP contribution in [-0.2, 0) is 32.1 Å². The molecule has 2 N–H and O–H groups in total. The van der Waals surface area contributed by atoms with Gasteiger partial charge < -0.3 is 24.8 Å². The Morgan fingerprint density at radius 2 is 1.35 bits per heavy atom. The highest BCUT2D eigenvalue weighted by molar-refractivity contribution is 5.91. The van der Waals surface area contributed by atoms with E-state index in [1.54, 1.807) is 0 Å². The maximum absolute atomic E-state index is 13.4. The molecule has 0 aliphatic carbocycles. The predicted octanol–water partition coefficient (Wildman–Crippen LogP) is 4.45. The fourth-order valence-electron chi connectivity index (χ4n) is 3.89. The zero-order chi connectivity index (χ0) is 28.9. The normalized spacial score (nSPS) is 12.1. The summed E-state index contributed by atoms with van der Waals surface area (Å²) < 4.78 is 15.5. The molecule has 2 amide bonds. The van der Waals surface area contributed by atoms with Gasteiger partial charge in [0.25, 0.3) is 0 Å². The molecule has 3 rings (SSSR count). The Labute approximate surface area is 233 Å². The van der Waals surface area contributed by atoms with Crippen LogP contribution in [0.25, 0.3) is 0 Å². The minimum absolute atomic E-state index is 0.0560. The van der Waals surface area contributed by atoms with E-state index >= 15 is 0 Å². The second kappa shape index (κ2) is 15.1. The summed E-state index contributed by atoms with van der Waals surface area (Å²) in [6.45, 7) is 3.90. The lowest BCUT2D eigenvalue weighted by Gasteiger charge is -2.23. The molecule has 210 valence electrons. The smallest absolute Gasteiger partial charge is 0.408 e. The van der Waals surface area contributed by atoms with Crippen LogP contribution >= 0.6 is 0 Å². The monoisotopic (exact) mass is 546 g/mol. The Bertz CT molecular complexity index is 1260. The van der Waals surface area contributed by atoms with Gasteiger partial charge >= 0.3 is 18.0 Å². The number of hydrogen-bond acceptors (Lipinski definition) is 7. The Balaban J connectivity index is 1.71. The van der Waals surface area contributed by atoms with Crippen LogP contribution < -0.4 is 15.4 Å². The first-order valence-corrected chi connectivity index (χ1v) is 13.0.